The van der Waals surface area contributed by atoms with E-state index in [-0.39, 0.29) is 11.7 Å². The van der Waals surface area contributed by atoms with Crippen molar-refractivity contribution in [3.05, 3.63) is 90.5 Å². The fourth-order valence-corrected chi connectivity index (χ4v) is 3.05. The van der Waals surface area contributed by atoms with E-state index in [9.17, 15) is 4.79 Å². The second-order valence-corrected chi connectivity index (χ2v) is 5.90. The number of carbonyl (C=O) groups is 1. The van der Waals surface area contributed by atoms with Crippen LogP contribution in [0.4, 0.5) is 0 Å². The van der Waals surface area contributed by atoms with Gasteiger partial charge in [0.15, 0.2) is 5.78 Å². The highest BCUT2D eigenvalue weighted by Crippen LogP contribution is 2.44. The number of rotatable bonds is 4. The molecule has 1 aliphatic rings. The fraction of sp³-hybridized carbons (Fsp3) is 0.190. The van der Waals surface area contributed by atoms with Gasteiger partial charge in [-0.1, -0.05) is 73.7 Å². The van der Waals surface area contributed by atoms with E-state index in [2.05, 4.69) is 6.58 Å². The second-order valence-electron chi connectivity index (χ2n) is 5.90. The van der Waals surface area contributed by atoms with Gasteiger partial charge < -0.3 is 4.74 Å². The van der Waals surface area contributed by atoms with Gasteiger partial charge in [-0.25, -0.2) is 0 Å². The molecular weight excluding hydrogens is 284 g/mol. The summed E-state index contributed by atoms with van der Waals surface area (Å²) in [4.78, 5) is 12.5. The summed E-state index contributed by atoms with van der Waals surface area (Å²) in [5, 5.41) is 0. The van der Waals surface area contributed by atoms with Crippen molar-refractivity contribution in [2.45, 2.75) is 18.9 Å². The zero-order valence-electron chi connectivity index (χ0n) is 13.2. The Morgan fingerprint density at radius 3 is 2.30 bits per heavy atom. The van der Waals surface area contributed by atoms with Crippen LogP contribution in [0.2, 0.25) is 0 Å². The lowest BCUT2D eigenvalue weighted by Gasteiger charge is -2.41. The van der Waals surface area contributed by atoms with Crippen LogP contribution in [0.25, 0.3) is 5.76 Å². The zero-order chi connectivity index (χ0) is 16.3. The summed E-state index contributed by atoms with van der Waals surface area (Å²) >= 11 is 0. The largest absolute Gasteiger partial charge is 0.481 e. The van der Waals surface area contributed by atoms with E-state index in [0.717, 1.165) is 11.1 Å². The van der Waals surface area contributed by atoms with Gasteiger partial charge in [0, 0.05) is 17.6 Å². The fourth-order valence-electron chi connectivity index (χ4n) is 3.05. The number of carbonyl (C=O) groups excluding carboxylic acids is 1. The molecule has 0 amide bonds. The molecule has 2 heteroatoms. The van der Waals surface area contributed by atoms with Gasteiger partial charge in [-0.3, -0.25) is 4.79 Å². The van der Waals surface area contributed by atoms with Crippen molar-refractivity contribution >= 4 is 11.5 Å². The highest BCUT2D eigenvalue weighted by Gasteiger charge is 2.43. The molecular formula is C21H20O2. The number of hydrogen-bond acceptors (Lipinski definition) is 2. The molecule has 2 nitrogen and oxygen atoms in total. The highest BCUT2D eigenvalue weighted by atomic mass is 16.5. The van der Waals surface area contributed by atoms with E-state index in [1.165, 1.54) is 0 Å². The molecule has 0 aromatic heterocycles. The second kappa shape index (κ2) is 6.25. The van der Waals surface area contributed by atoms with E-state index in [1.807, 2.05) is 73.7 Å². The molecule has 1 heterocycles. The Morgan fingerprint density at radius 2 is 1.70 bits per heavy atom. The molecule has 0 aliphatic carbocycles. The van der Waals surface area contributed by atoms with Gasteiger partial charge in [0.1, 0.15) is 11.4 Å². The third kappa shape index (κ3) is 2.85. The molecule has 0 radical (unpaired) electrons. The van der Waals surface area contributed by atoms with Crippen LogP contribution in [0, 0.1) is 5.92 Å². The topological polar surface area (TPSA) is 26.3 Å². The molecule has 1 aliphatic heterocycles. The molecule has 2 aromatic rings. The first kappa shape index (κ1) is 15.3. The van der Waals surface area contributed by atoms with Gasteiger partial charge in [-0.05, 0) is 5.56 Å². The molecule has 0 spiro atoms. The smallest absolute Gasteiger partial charge is 0.163 e. The van der Waals surface area contributed by atoms with Gasteiger partial charge in [0.2, 0.25) is 0 Å². The van der Waals surface area contributed by atoms with Crippen molar-refractivity contribution in [1.29, 1.82) is 0 Å². The van der Waals surface area contributed by atoms with Crippen molar-refractivity contribution in [2.24, 2.45) is 5.92 Å². The van der Waals surface area contributed by atoms with E-state index in [1.54, 1.807) is 6.08 Å². The third-order valence-corrected chi connectivity index (χ3v) is 4.43. The number of allylic oxidation sites excluding steroid dienone is 1. The van der Waals surface area contributed by atoms with Crippen LogP contribution in [-0.4, -0.2) is 5.78 Å². The predicted molar refractivity (Wildman–Crippen MR) is 92.6 cm³/mol. The standard InChI is InChI=1S/C21H20O2/c1-3-16(2)21(18-12-8-5-9-13-18)15-19(22)14-20(23-21)17-10-6-4-7-11-17/h3-14,16H,1,15H2,2H3. The van der Waals surface area contributed by atoms with Gasteiger partial charge in [-0.15, -0.1) is 6.58 Å². The first-order valence-electron chi connectivity index (χ1n) is 7.83. The van der Waals surface area contributed by atoms with E-state index < -0.39 is 5.60 Å². The molecule has 23 heavy (non-hydrogen) atoms. The van der Waals surface area contributed by atoms with Crippen LogP contribution in [-0.2, 0) is 15.1 Å². The molecule has 0 saturated carbocycles. The zero-order valence-corrected chi connectivity index (χ0v) is 13.2. The summed E-state index contributed by atoms with van der Waals surface area (Å²) in [5.74, 6) is 0.702. The number of benzene rings is 2. The maximum atomic E-state index is 12.5. The Kier molecular flexibility index (Phi) is 4.16. The van der Waals surface area contributed by atoms with Gasteiger partial charge in [-0.2, -0.15) is 0 Å². The summed E-state index contributed by atoms with van der Waals surface area (Å²) < 4.78 is 6.44. The monoisotopic (exact) mass is 304 g/mol. The maximum absolute atomic E-state index is 12.5. The van der Waals surface area contributed by atoms with Crippen LogP contribution >= 0.6 is 0 Å². The molecule has 116 valence electrons. The Labute approximate surface area is 137 Å². The van der Waals surface area contributed by atoms with Crippen LogP contribution < -0.4 is 0 Å². The molecule has 0 fully saturated rings. The lowest BCUT2D eigenvalue weighted by atomic mass is 9.77. The lowest BCUT2D eigenvalue weighted by Crippen LogP contribution is -2.40. The van der Waals surface area contributed by atoms with Crippen molar-refractivity contribution in [1.82, 2.24) is 0 Å². The number of ketones is 1. The number of hydrogen-bond donors (Lipinski definition) is 0. The average Bonchev–Trinajstić information content (AvgIpc) is 2.62. The molecule has 2 aromatic carbocycles. The normalized spacial score (nSPS) is 22.0. The average molecular weight is 304 g/mol. The minimum atomic E-state index is -0.708. The summed E-state index contributed by atoms with van der Waals surface area (Å²) in [6, 6.07) is 19.7. The minimum absolute atomic E-state index is 0.00117. The SMILES string of the molecule is C=CC(C)C1(c2ccccc2)CC(=O)C=C(c2ccccc2)O1. The van der Waals surface area contributed by atoms with Gasteiger partial charge in [0.25, 0.3) is 0 Å². The third-order valence-electron chi connectivity index (χ3n) is 4.43. The minimum Gasteiger partial charge on any atom is -0.481 e. The van der Waals surface area contributed by atoms with Crippen molar-refractivity contribution in [3.8, 4) is 0 Å². The van der Waals surface area contributed by atoms with Crippen LogP contribution in [0.1, 0.15) is 24.5 Å². The summed E-state index contributed by atoms with van der Waals surface area (Å²) in [5.41, 5.74) is 1.21. The molecule has 2 atom stereocenters. The Morgan fingerprint density at radius 1 is 1.09 bits per heavy atom. The Hall–Kier alpha value is -2.61. The van der Waals surface area contributed by atoms with Crippen LogP contribution in [0.5, 0.6) is 0 Å². The highest BCUT2D eigenvalue weighted by molar-refractivity contribution is 5.97. The van der Waals surface area contributed by atoms with Crippen LogP contribution in [0.15, 0.2) is 79.4 Å². The number of ether oxygens (including phenoxy) is 1. The maximum Gasteiger partial charge on any atom is 0.163 e. The first-order chi connectivity index (χ1) is 11.2. The Balaban J connectivity index is 2.10. The van der Waals surface area contributed by atoms with Crippen molar-refractivity contribution in [3.63, 3.8) is 0 Å². The molecule has 3 rings (SSSR count). The summed E-state index contributed by atoms with van der Waals surface area (Å²) in [7, 11) is 0. The Bertz CT molecular complexity index is 731. The first-order valence-corrected chi connectivity index (χ1v) is 7.83. The molecule has 0 N–H and O–H groups in total. The molecule has 0 bridgehead atoms. The predicted octanol–water partition coefficient (Wildman–Crippen LogP) is 4.73. The molecule has 2 unspecified atom stereocenters. The quantitative estimate of drug-likeness (QED) is 0.763. The molecule has 0 saturated heterocycles. The van der Waals surface area contributed by atoms with Crippen molar-refractivity contribution < 1.29 is 9.53 Å². The van der Waals surface area contributed by atoms with Gasteiger partial charge in [0.05, 0.1) is 6.42 Å². The van der Waals surface area contributed by atoms with E-state index in [0.29, 0.717) is 12.2 Å². The van der Waals surface area contributed by atoms with Gasteiger partial charge >= 0.3 is 0 Å². The lowest BCUT2D eigenvalue weighted by molar-refractivity contribution is -0.123. The van der Waals surface area contributed by atoms with Crippen molar-refractivity contribution in [2.75, 3.05) is 0 Å². The van der Waals surface area contributed by atoms with E-state index in [4.69, 9.17) is 4.74 Å². The van der Waals surface area contributed by atoms with Crippen LogP contribution in [0.3, 0.4) is 0 Å². The summed E-state index contributed by atoms with van der Waals surface area (Å²) in [6.07, 6.45) is 3.78. The summed E-state index contributed by atoms with van der Waals surface area (Å²) in [6.45, 7) is 5.96. The van der Waals surface area contributed by atoms with E-state index >= 15 is 0 Å².